The summed E-state index contributed by atoms with van der Waals surface area (Å²) in [5, 5.41) is 4.59. The van der Waals surface area contributed by atoms with Gasteiger partial charge in [-0.3, -0.25) is 0 Å². The molecule has 1 N–H and O–H groups in total. The highest BCUT2D eigenvalue weighted by atomic mass is 32.1. The van der Waals surface area contributed by atoms with Gasteiger partial charge in [-0.1, -0.05) is 12.1 Å². The highest BCUT2D eigenvalue weighted by Crippen LogP contribution is 2.32. The van der Waals surface area contributed by atoms with Crippen molar-refractivity contribution in [2.24, 2.45) is 0 Å². The van der Waals surface area contributed by atoms with Crippen molar-refractivity contribution in [3.8, 4) is 0 Å². The molecule has 94 valence electrons. The van der Waals surface area contributed by atoms with Gasteiger partial charge >= 0.3 is 0 Å². The maximum absolute atomic E-state index is 13.6. The molecule has 18 heavy (non-hydrogen) atoms. The number of halogens is 1. The van der Waals surface area contributed by atoms with E-state index in [-0.39, 0.29) is 11.9 Å². The predicted octanol–water partition coefficient (Wildman–Crippen LogP) is 3.37. The molecule has 0 saturated heterocycles. The van der Waals surface area contributed by atoms with Crippen LogP contribution in [0.25, 0.3) is 0 Å². The molecular weight excluding hydrogens is 247 g/mol. The number of benzene rings is 1. The summed E-state index contributed by atoms with van der Waals surface area (Å²) < 4.78 is 13.6. The first-order valence-corrected chi connectivity index (χ1v) is 6.97. The van der Waals surface area contributed by atoms with E-state index in [1.54, 1.807) is 23.5 Å². The summed E-state index contributed by atoms with van der Waals surface area (Å²) in [4.78, 5) is 5.47. The molecule has 0 spiro atoms. The molecule has 0 radical (unpaired) electrons. The van der Waals surface area contributed by atoms with Gasteiger partial charge in [0.25, 0.3) is 0 Å². The molecule has 0 fully saturated rings. The van der Waals surface area contributed by atoms with Gasteiger partial charge in [-0.25, -0.2) is 9.37 Å². The Balaban J connectivity index is 1.71. The molecule has 0 aliphatic heterocycles. The number of rotatable bonds is 3. The summed E-state index contributed by atoms with van der Waals surface area (Å²) in [7, 11) is 0. The van der Waals surface area contributed by atoms with Crippen LogP contribution in [-0.2, 0) is 13.0 Å². The van der Waals surface area contributed by atoms with Gasteiger partial charge < -0.3 is 5.32 Å². The van der Waals surface area contributed by atoms with Crippen molar-refractivity contribution in [1.29, 1.82) is 0 Å². The number of hydrogen-bond acceptors (Lipinski definition) is 3. The van der Waals surface area contributed by atoms with E-state index in [4.69, 9.17) is 0 Å². The highest BCUT2D eigenvalue weighted by molar-refractivity contribution is 7.11. The van der Waals surface area contributed by atoms with Gasteiger partial charge in [-0.2, -0.15) is 0 Å². The molecule has 0 saturated carbocycles. The molecule has 2 nitrogen and oxygen atoms in total. The first-order valence-electron chi connectivity index (χ1n) is 6.16. The lowest BCUT2D eigenvalue weighted by molar-refractivity contribution is 0.533. The third-order valence-corrected chi connectivity index (χ3v) is 4.32. The SMILES string of the molecule is Cc1ncc(CNC2CCc3c(F)cccc32)s1. The van der Waals surface area contributed by atoms with Gasteiger partial charge in [-0.15, -0.1) is 11.3 Å². The lowest BCUT2D eigenvalue weighted by Gasteiger charge is -2.13. The van der Waals surface area contributed by atoms with Crippen molar-refractivity contribution < 1.29 is 4.39 Å². The number of nitrogens with zero attached hydrogens (tertiary/aromatic N) is 1. The van der Waals surface area contributed by atoms with E-state index >= 15 is 0 Å². The fraction of sp³-hybridized carbons (Fsp3) is 0.357. The fourth-order valence-electron chi connectivity index (χ4n) is 2.53. The van der Waals surface area contributed by atoms with Gasteiger partial charge in [0.05, 0.1) is 5.01 Å². The Bertz CT molecular complexity index is 565. The Morgan fingerprint density at radius 1 is 1.50 bits per heavy atom. The van der Waals surface area contributed by atoms with Crippen LogP contribution in [0.3, 0.4) is 0 Å². The van der Waals surface area contributed by atoms with Crippen LogP contribution in [0.1, 0.15) is 33.5 Å². The Morgan fingerprint density at radius 3 is 3.17 bits per heavy atom. The molecule has 0 bridgehead atoms. The van der Waals surface area contributed by atoms with Crippen LogP contribution < -0.4 is 5.32 Å². The number of aromatic nitrogens is 1. The standard InChI is InChI=1S/C14H15FN2S/c1-9-16-7-10(18-9)8-17-14-6-5-11-12(14)3-2-4-13(11)15/h2-4,7,14,17H,5-6,8H2,1H3. The Labute approximate surface area is 110 Å². The van der Waals surface area contributed by atoms with Crippen LogP contribution in [0.5, 0.6) is 0 Å². The smallest absolute Gasteiger partial charge is 0.126 e. The normalized spacial score (nSPS) is 18.0. The quantitative estimate of drug-likeness (QED) is 0.917. The molecule has 0 amide bonds. The van der Waals surface area contributed by atoms with E-state index in [1.807, 2.05) is 19.2 Å². The zero-order valence-corrected chi connectivity index (χ0v) is 11.1. The van der Waals surface area contributed by atoms with Crippen LogP contribution in [0.15, 0.2) is 24.4 Å². The largest absolute Gasteiger partial charge is 0.305 e. The molecule has 1 aromatic carbocycles. The number of nitrogens with one attached hydrogen (secondary N) is 1. The second kappa shape index (κ2) is 4.78. The predicted molar refractivity (Wildman–Crippen MR) is 71.2 cm³/mol. The van der Waals surface area contributed by atoms with Crippen LogP contribution in [0.2, 0.25) is 0 Å². The maximum atomic E-state index is 13.6. The second-order valence-corrected chi connectivity index (χ2v) is 5.94. The summed E-state index contributed by atoms with van der Waals surface area (Å²) in [6, 6.07) is 5.65. The van der Waals surface area contributed by atoms with Gasteiger partial charge in [-0.05, 0) is 37.0 Å². The van der Waals surface area contributed by atoms with Crippen molar-refractivity contribution in [1.82, 2.24) is 10.3 Å². The molecule has 3 rings (SSSR count). The lowest BCUT2D eigenvalue weighted by Crippen LogP contribution is -2.18. The first kappa shape index (κ1) is 11.8. The molecule has 1 atom stereocenters. The average Bonchev–Trinajstić information content (AvgIpc) is 2.94. The van der Waals surface area contributed by atoms with E-state index in [2.05, 4.69) is 10.3 Å². The van der Waals surface area contributed by atoms with Crippen molar-refractivity contribution in [2.45, 2.75) is 32.4 Å². The van der Waals surface area contributed by atoms with Crippen LogP contribution in [0, 0.1) is 12.7 Å². The zero-order chi connectivity index (χ0) is 12.5. The molecule has 1 aliphatic rings. The number of thiazole rings is 1. The molecular formula is C14H15FN2S. The topological polar surface area (TPSA) is 24.9 Å². The maximum Gasteiger partial charge on any atom is 0.126 e. The Morgan fingerprint density at radius 2 is 2.39 bits per heavy atom. The second-order valence-electron chi connectivity index (χ2n) is 4.63. The lowest BCUT2D eigenvalue weighted by atomic mass is 10.1. The molecule has 2 aromatic rings. The Hall–Kier alpha value is -1.26. The summed E-state index contributed by atoms with van der Waals surface area (Å²) in [5.74, 6) is -0.0644. The minimum absolute atomic E-state index is 0.0644. The minimum Gasteiger partial charge on any atom is -0.305 e. The van der Waals surface area contributed by atoms with E-state index in [0.29, 0.717) is 0 Å². The van der Waals surface area contributed by atoms with Gasteiger partial charge in [0.15, 0.2) is 0 Å². The summed E-state index contributed by atoms with van der Waals surface area (Å²) in [6.07, 6.45) is 3.73. The molecule has 1 aliphatic carbocycles. The molecule has 4 heteroatoms. The highest BCUT2D eigenvalue weighted by Gasteiger charge is 2.24. The summed E-state index contributed by atoms with van der Waals surface area (Å²) >= 11 is 1.71. The fourth-order valence-corrected chi connectivity index (χ4v) is 3.28. The summed E-state index contributed by atoms with van der Waals surface area (Å²) in [6.45, 7) is 2.82. The molecule has 1 heterocycles. The van der Waals surface area contributed by atoms with Crippen LogP contribution in [0.4, 0.5) is 4.39 Å². The third-order valence-electron chi connectivity index (χ3n) is 3.41. The van der Waals surface area contributed by atoms with Crippen LogP contribution >= 0.6 is 11.3 Å². The minimum atomic E-state index is -0.0644. The number of hydrogen-bond donors (Lipinski definition) is 1. The third kappa shape index (κ3) is 2.18. The monoisotopic (exact) mass is 262 g/mol. The number of aryl methyl sites for hydroxylation is 1. The van der Waals surface area contributed by atoms with Gasteiger partial charge in [0, 0.05) is 23.7 Å². The summed E-state index contributed by atoms with van der Waals surface area (Å²) in [5.41, 5.74) is 2.01. The Kier molecular flexibility index (Phi) is 3.14. The van der Waals surface area contributed by atoms with Gasteiger partial charge in [0.1, 0.15) is 5.82 Å². The van der Waals surface area contributed by atoms with Crippen molar-refractivity contribution >= 4 is 11.3 Å². The zero-order valence-electron chi connectivity index (χ0n) is 10.2. The van der Waals surface area contributed by atoms with E-state index in [9.17, 15) is 4.39 Å². The van der Waals surface area contributed by atoms with E-state index in [1.165, 1.54) is 4.88 Å². The van der Waals surface area contributed by atoms with Gasteiger partial charge in [0.2, 0.25) is 0 Å². The first-order chi connectivity index (χ1) is 8.74. The molecule has 1 unspecified atom stereocenters. The number of fused-ring (bicyclic) bond motifs is 1. The molecule has 1 aromatic heterocycles. The van der Waals surface area contributed by atoms with Crippen molar-refractivity contribution in [3.63, 3.8) is 0 Å². The van der Waals surface area contributed by atoms with E-state index < -0.39 is 0 Å². The van der Waals surface area contributed by atoms with Crippen molar-refractivity contribution in [2.75, 3.05) is 0 Å². The van der Waals surface area contributed by atoms with Crippen LogP contribution in [-0.4, -0.2) is 4.98 Å². The average molecular weight is 262 g/mol. The van der Waals surface area contributed by atoms with E-state index in [0.717, 1.165) is 35.5 Å². The van der Waals surface area contributed by atoms with Crippen molar-refractivity contribution in [3.05, 3.63) is 51.2 Å².